The standard InChI is InChI=1S/C16H18N4OS/c1-10-9-14(17)19-16(18-10)22-11(2)15(21)20-8-7-12-5-3-4-6-13(12)20/h3-6,9,11H,7-8H2,1-2H3,(H2,17,18,19)/t11-/m0/s1. The third-order valence-electron chi connectivity index (χ3n) is 3.64. The molecule has 22 heavy (non-hydrogen) atoms. The Labute approximate surface area is 133 Å². The fourth-order valence-electron chi connectivity index (χ4n) is 2.61. The van der Waals surface area contributed by atoms with Crippen molar-refractivity contribution in [3.05, 3.63) is 41.6 Å². The van der Waals surface area contributed by atoms with Gasteiger partial charge in [-0.15, -0.1) is 0 Å². The van der Waals surface area contributed by atoms with Crippen molar-refractivity contribution in [1.82, 2.24) is 9.97 Å². The molecule has 2 N–H and O–H groups in total. The first-order valence-corrected chi connectivity index (χ1v) is 8.09. The number of nitrogen functional groups attached to an aromatic ring is 1. The topological polar surface area (TPSA) is 72.1 Å². The summed E-state index contributed by atoms with van der Waals surface area (Å²) in [5.41, 5.74) is 8.79. The molecule has 3 rings (SSSR count). The molecule has 2 aromatic rings. The summed E-state index contributed by atoms with van der Waals surface area (Å²) in [5, 5.41) is 0.290. The number of aryl methyl sites for hydroxylation is 1. The minimum atomic E-state index is -0.257. The Hall–Kier alpha value is -2.08. The Kier molecular flexibility index (Phi) is 4.02. The van der Waals surface area contributed by atoms with Crippen molar-refractivity contribution < 1.29 is 4.79 Å². The van der Waals surface area contributed by atoms with Crippen LogP contribution >= 0.6 is 11.8 Å². The lowest BCUT2D eigenvalue weighted by Gasteiger charge is -2.21. The van der Waals surface area contributed by atoms with Crippen LogP contribution in [0, 0.1) is 6.92 Å². The van der Waals surface area contributed by atoms with Crippen LogP contribution in [0.5, 0.6) is 0 Å². The van der Waals surface area contributed by atoms with Crippen LogP contribution < -0.4 is 10.6 Å². The monoisotopic (exact) mass is 314 g/mol. The number of benzene rings is 1. The van der Waals surface area contributed by atoms with Gasteiger partial charge in [-0.1, -0.05) is 30.0 Å². The Morgan fingerprint density at radius 3 is 2.91 bits per heavy atom. The highest BCUT2D eigenvalue weighted by Gasteiger charge is 2.28. The van der Waals surface area contributed by atoms with Crippen LogP contribution in [0.4, 0.5) is 11.5 Å². The normalized spacial score (nSPS) is 14.7. The van der Waals surface area contributed by atoms with Gasteiger partial charge in [-0.05, 0) is 31.9 Å². The van der Waals surface area contributed by atoms with E-state index in [0.717, 1.165) is 24.3 Å². The molecule has 1 aliphatic heterocycles. The fourth-order valence-corrected chi connectivity index (χ4v) is 3.51. The van der Waals surface area contributed by atoms with Crippen molar-refractivity contribution >= 4 is 29.2 Å². The van der Waals surface area contributed by atoms with Gasteiger partial charge in [0, 0.05) is 24.0 Å². The van der Waals surface area contributed by atoms with Gasteiger partial charge in [-0.25, -0.2) is 9.97 Å². The number of carbonyl (C=O) groups is 1. The number of aromatic nitrogens is 2. The molecule has 6 heteroatoms. The lowest BCUT2D eigenvalue weighted by molar-refractivity contribution is -0.117. The maximum Gasteiger partial charge on any atom is 0.240 e. The lowest BCUT2D eigenvalue weighted by atomic mass is 10.2. The van der Waals surface area contributed by atoms with Crippen molar-refractivity contribution in [3.63, 3.8) is 0 Å². The van der Waals surface area contributed by atoms with Crippen molar-refractivity contribution in [2.45, 2.75) is 30.7 Å². The molecule has 0 fully saturated rings. The van der Waals surface area contributed by atoms with E-state index in [4.69, 9.17) is 5.73 Å². The summed E-state index contributed by atoms with van der Waals surface area (Å²) in [6.07, 6.45) is 0.910. The van der Waals surface area contributed by atoms with Gasteiger partial charge < -0.3 is 10.6 Å². The molecule has 0 bridgehead atoms. The van der Waals surface area contributed by atoms with E-state index in [1.165, 1.54) is 17.3 Å². The Morgan fingerprint density at radius 2 is 2.14 bits per heavy atom. The number of hydrogen-bond donors (Lipinski definition) is 1. The van der Waals surface area contributed by atoms with Crippen LogP contribution in [0.3, 0.4) is 0 Å². The molecule has 5 nitrogen and oxygen atoms in total. The number of fused-ring (bicyclic) bond motifs is 1. The van der Waals surface area contributed by atoms with E-state index < -0.39 is 0 Å². The maximum absolute atomic E-state index is 12.7. The first-order chi connectivity index (χ1) is 10.5. The van der Waals surface area contributed by atoms with Crippen LogP contribution in [-0.4, -0.2) is 27.7 Å². The molecule has 0 radical (unpaired) electrons. The van der Waals surface area contributed by atoms with E-state index in [1.807, 2.05) is 36.9 Å². The minimum absolute atomic E-state index is 0.0821. The number of thioether (sulfide) groups is 1. The summed E-state index contributed by atoms with van der Waals surface area (Å²) in [7, 11) is 0. The van der Waals surface area contributed by atoms with E-state index in [9.17, 15) is 4.79 Å². The number of hydrogen-bond acceptors (Lipinski definition) is 5. The molecule has 1 aliphatic rings. The van der Waals surface area contributed by atoms with Gasteiger partial charge >= 0.3 is 0 Å². The first kappa shape index (κ1) is 14.8. The summed E-state index contributed by atoms with van der Waals surface area (Å²) >= 11 is 1.35. The molecule has 0 unspecified atom stereocenters. The first-order valence-electron chi connectivity index (χ1n) is 7.21. The van der Waals surface area contributed by atoms with E-state index >= 15 is 0 Å². The Balaban J connectivity index is 1.75. The van der Waals surface area contributed by atoms with Crippen LogP contribution in [0.15, 0.2) is 35.5 Å². The van der Waals surface area contributed by atoms with Gasteiger partial charge in [-0.2, -0.15) is 0 Å². The van der Waals surface area contributed by atoms with Crippen LogP contribution in [-0.2, 0) is 11.2 Å². The van der Waals surface area contributed by atoms with Gasteiger partial charge in [0.05, 0.1) is 5.25 Å². The Bertz CT molecular complexity index is 699. The molecule has 1 atom stereocenters. The number of anilines is 2. The molecule has 0 spiro atoms. The third kappa shape index (κ3) is 2.92. The average Bonchev–Trinajstić information content (AvgIpc) is 2.89. The summed E-state index contributed by atoms with van der Waals surface area (Å²) in [6, 6.07) is 9.76. The zero-order valence-electron chi connectivity index (χ0n) is 12.6. The maximum atomic E-state index is 12.7. The molecule has 1 aromatic carbocycles. The molecule has 2 heterocycles. The quantitative estimate of drug-likeness (QED) is 0.696. The molecular weight excluding hydrogens is 296 g/mol. The predicted molar refractivity (Wildman–Crippen MR) is 89.0 cm³/mol. The third-order valence-corrected chi connectivity index (χ3v) is 4.59. The second-order valence-corrected chi connectivity index (χ2v) is 6.65. The highest BCUT2D eigenvalue weighted by atomic mass is 32.2. The van der Waals surface area contributed by atoms with E-state index in [0.29, 0.717) is 11.0 Å². The predicted octanol–water partition coefficient (Wildman–Crippen LogP) is 2.44. The van der Waals surface area contributed by atoms with Crippen LogP contribution in [0.1, 0.15) is 18.2 Å². The fraction of sp³-hybridized carbons (Fsp3) is 0.312. The highest BCUT2D eigenvalue weighted by molar-refractivity contribution is 8.00. The van der Waals surface area contributed by atoms with Crippen molar-refractivity contribution in [1.29, 1.82) is 0 Å². The number of nitrogens with zero attached hydrogens (tertiary/aromatic N) is 3. The van der Waals surface area contributed by atoms with Gasteiger partial charge in [0.15, 0.2) is 5.16 Å². The number of nitrogens with two attached hydrogens (primary N) is 1. The van der Waals surface area contributed by atoms with Crippen molar-refractivity contribution in [2.24, 2.45) is 0 Å². The second kappa shape index (κ2) is 5.96. The average molecular weight is 314 g/mol. The van der Waals surface area contributed by atoms with Crippen LogP contribution in [0.2, 0.25) is 0 Å². The van der Waals surface area contributed by atoms with E-state index in [1.54, 1.807) is 6.07 Å². The van der Waals surface area contributed by atoms with Crippen molar-refractivity contribution in [2.75, 3.05) is 17.2 Å². The number of amides is 1. The summed E-state index contributed by atoms with van der Waals surface area (Å²) in [6.45, 7) is 4.49. The zero-order chi connectivity index (χ0) is 15.7. The molecule has 1 amide bonds. The Morgan fingerprint density at radius 1 is 1.36 bits per heavy atom. The highest BCUT2D eigenvalue weighted by Crippen LogP contribution is 2.30. The number of para-hydroxylation sites is 1. The largest absolute Gasteiger partial charge is 0.384 e. The molecule has 114 valence electrons. The molecule has 0 saturated carbocycles. The summed E-state index contributed by atoms with van der Waals surface area (Å²) in [5.74, 6) is 0.514. The zero-order valence-corrected chi connectivity index (χ0v) is 13.4. The van der Waals surface area contributed by atoms with Gasteiger partial charge in [-0.3, -0.25) is 4.79 Å². The summed E-state index contributed by atoms with van der Waals surface area (Å²) < 4.78 is 0. The lowest BCUT2D eigenvalue weighted by Crippen LogP contribution is -2.35. The van der Waals surface area contributed by atoms with E-state index in [-0.39, 0.29) is 11.2 Å². The SMILES string of the molecule is Cc1cc(N)nc(S[C@@H](C)C(=O)N2CCc3ccccc32)n1. The van der Waals surface area contributed by atoms with E-state index in [2.05, 4.69) is 16.0 Å². The van der Waals surface area contributed by atoms with Crippen molar-refractivity contribution in [3.8, 4) is 0 Å². The molecule has 1 aromatic heterocycles. The molecular formula is C16H18N4OS. The van der Waals surface area contributed by atoms with Gasteiger partial charge in [0.2, 0.25) is 5.91 Å². The number of carbonyl (C=O) groups excluding carboxylic acids is 1. The van der Waals surface area contributed by atoms with Gasteiger partial charge in [0.25, 0.3) is 0 Å². The smallest absolute Gasteiger partial charge is 0.240 e. The van der Waals surface area contributed by atoms with Gasteiger partial charge in [0.1, 0.15) is 5.82 Å². The molecule has 0 saturated heterocycles. The van der Waals surface area contributed by atoms with Crippen LogP contribution in [0.25, 0.3) is 0 Å². The second-order valence-electron chi connectivity index (χ2n) is 5.35. The summed E-state index contributed by atoms with van der Waals surface area (Å²) in [4.78, 5) is 23.1. The minimum Gasteiger partial charge on any atom is -0.384 e. The number of rotatable bonds is 3. The molecule has 0 aliphatic carbocycles.